The third-order valence-electron chi connectivity index (χ3n) is 4.90. The Hall–Kier alpha value is -2.31. The summed E-state index contributed by atoms with van der Waals surface area (Å²) in [6.45, 7) is 3.45. The Morgan fingerprint density at radius 2 is 1.81 bits per heavy atom. The Labute approximate surface area is 160 Å². The van der Waals surface area contributed by atoms with Crippen LogP contribution in [0.4, 0.5) is 8.78 Å². The molecular formula is C21H20F2N2OS. The molecule has 1 aliphatic heterocycles. The fourth-order valence-corrected chi connectivity index (χ4v) is 4.50. The van der Waals surface area contributed by atoms with Crippen molar-refractivity contribution in [1.29, 1.82) is 0 Å². The van der Waals surface area contributed by atoms with Crippen molar-refractivity contribution in [3.8, 4) is 0 Å². The van der Waals surface area contributed by atoms with Gasteiger partial charge in [0.15, 0.2) is 11.6 Å². The molecule has 0 unspecified atom stereocenters. The van der Waals surface area contributed by atoms with E-state index >= 15 is 0 Å². The highest BCUT2D eigenvalue weighted by Crippen LogP contribution is 2.26. The fourth-order valence-electron chi connectivity index (χ4n) is 3.47. The van der Waals surface area contributed by atoms with Gasteiger partial charge in [-0.1, -0.05) is 24.3 Å². The van der Waals surface area contributed by atoms with Gasteiger partial charge in [-0.05, 0) is 41.6 Å². The van der Waals surface area contributed by atoms with Crippen molar-refractivity contribution >= 4 is 27.3 Å². The zero-order valence-electron chi connectivity index (χ0n) is 14.8. The first-order chi connectivity index (χ1) is 13.1. The number of hydrogen-bond donors (Lipinski definition) is 0. The van der Waals surface area contributed by atoms with E-state index < -0.39 is 11.6 Å². The summed E-state index contributed by atoms with van der Waals surface area (Å²) >= 11 is 1.53. The maximum absolute atomic E-state index is 13.4. The molecule has 140 valence electrons. The molecule has 3 nitrogen and oxygen atoms in total. The minimum atomic E-state index is -0.824. The van der Waals surface area contributed by atoms with Crippen molar-refractivity contribution in [2.45, 2.75) is 13.0 Å². The normalized spacial score (nSPS) is 15.9. The van der Waals surface area contributed by atoms with Crippen molar-refractivity contribution in [2.75, 3.05) is 26.2 Å². The first-order valence-electron chi connectivity index (χ1n) is 9.04. The summed E-state index contributed by atoms with van der Waals surface area (Å²) in [5.74, 6) is -1.57. The van der Waals surface area contributed by atoms with E-state index in [-0.39, 0.29) is 5.91 Å². The van der Waals surface area contributed by atoms with Crippen LogP contribution in [0.5, 0.6) is 0 Å². The number of benzene rings is 2. The van der Waals surface area contributed by atoms with E-state index in [4.69, 9.17) is 0 Å². The molecule has 0 saturated carbocycles. The third kappa shape index (κ3) is 4.01. The lowest BCUT2D eigenvalue weighted by molar-refractivity contribution is 0.0766. The molecule has 0 bridgehead atoms. The van der Waals surface area contributed by atoms with E-state index in [1.165, 1.54) is 23.5 Å². The molecule has 0 aliphatic carbocycles. The average molecular weight is 386 g/mol. The van der Waals surface area contributed by atoms with E-state index in [2.05, 4.69) is 4.90 Å². The lowest BCUT2D eigenvalue weighted by atomic mass is 10.2. The summed E-state index contributed by atoms with van der Waals surface area (Å²) in [6, 6.07) is 14.0. The SMILES string of the molecule is O=C(c1cc2ccccc2s1)N1CCCN(Cc2ccc(F)c(F)c2)CC1. The van der Waals surface area contributed by atoms with E-state index in [0.29, 0.717) is 19.6 Å². The summed E-state index contributed by atoms with van der Waals surface area (Å²) in [5, 5.41) is 1.10. The molecule has 27 heavy (non-hydrogen) atoms. The number of carbonyl (C=O) groups is 1. The van der Waals surface area contributed by atoms with E-state index in [1.54, 1.807) is 6.07 Å². The second-order valence-corrected chi connectivity index (χ2v) is 7.90. The van der Waals surface area contributed by atoms with Crippen LogP contribution in [0, 0.1) is 11.6 Å². The van der Waals surface area contributed by atoms with Gasteiger partial charge in [-0.15, -0.1) is 11.3 Å². The number of carbonyl (C=O) groups excluding carboxylic acids is 1. The molecule has 1 aliphatic rings. The van der Waals surface area contributed by atoms with Crippen LogP contribution in [0.1, 0.15) is 21.7 Å². The fraction of sp³-hybridized carbons (Fsp3) is 0.286. The van der Waals surface area contributed by atoms with Crippen LogP contribution in [-0.2, 0) is 6.54 Å². The van der Waals surface area contributed by atoms with Crippen LogP contribution in [0.25, 0.3) is 10.1 Å². The Morgan fingerprint density at radius 1 is 0.963 bits per heavy atom. The molecule has 0 radical (unpaired) electrons. The molecule has 4 rings (SSSR count). The third-order valence-corrected chi connectivity index (χ3v) is 6.01. The molecule has 1 fully saturated rings. The molecule has 1 amide bonds. The van der Waals surface area contributed by atoms with Gasteiger partial charge in [-0.3, -0.25) is 9.69 Å². The topological polar surface area (TPSA) is 23.6 Å². The molecule has 3 aromatic rings. The minimum Gasteiger partial charge on any atom is -0.337 e. The molecule has 1 saturated heterocycles. The summed E-state index contributed by atoms with van der Waals surface area (Å²) < 4.78 is 27.6. The number of halogens is 2. The summed E-state index contributed by atoms with van der Waals surface area (Å²) in [4.78, 5) is 17.7. The Bertz CT molecular complexity index is 939. The first kappa shape index (κ1) is 18.1. The van der Waals surface area contributed by atoms with Gasteiger partial charge in [-0.25, -0.2) is 8.78 Å². The smallest absolute Gasteiger partial charge is 0.264 e. The quantitative estimate of drug-likeness (QED) is 0.660. The highest BCUT2D eigenvalue weighted by molar-refractivity contribution is 7.20. The lowest BCUT2D eigenvalue weighted by Gasteiger charge is -2.21. The average Bonchev–Trinajstić information content (AvgIpc) is 2.97. The number of amides is 1. The van der Waals surface area contributed by atoms with Gasteiger partial charge in [0.1, 0.15) is 0 Å². The standard InChI is InChI=1S/C21H20F2N2OS/c22-17-7-6-15(12-18(17)23)14-24-8-3-9-25(11-10-24)21(26)20-13-16-4-1-2-5-19(16)27-20/h1-2,4-7,12-13H,3,8-11,14H2. The van der Waals surface area contributed by atoms with E-state index in [9.17, 15) is 13.6 Å². The molecule has 0 N–H and O–H groups in total. The van der Waals surface area contributed by atoms with Crippen LogP contribution in [0.3, 0.4) is 0 Å². The second kappa shape index (κ2) is 7.74. The predicted octanol–water partition coefficient (Wildman–Crippen LogP) is 4.53. The largest absolute Gasteiger partial charge is 0.337 e. The second-order valence-electron chi connectivity index (χ2n) is 6.82. The zero-order chi connectivity index (χ0) is 18.8. The molecular weight excluding hydrogens is 366 g/mol. The minimum absolute atomic E-state index is 0.0749. The highest BCUT2D eigenvalue weighted by atomic mass is 32.1. The van der Waals surface area contributed by atoms with Gasteiger partial charge in [0, 0.05) is 37.4 Å². The van der Waals surface area contributed by atoms with Gasteiger partial charge in [0.05, 0.1) is 4.88 Å². The van der Waals surface area contributed by atoms with Crippen LogP contribution in [0.15, 0.2) is 48.5 Å². The number of thiophene rings is 1. The Morgan fingerprint density at radius 3 is 2.63 bits per heavy atom. The predicted molar refractivity (Wildman–Crippen MR) is 104 cm³/mol. The monoisotopic (exact) mass is 386 g/mol. The number of hydrogen-bond acceptors (Lipinski definition) is 3. The Balaban J connectivity index is 1.41. The molecule has 0 spiro atoms. The van der Waals surface area contributed by atoms with Crippen molar-refractivity contribution in [3.63, 3.8) is 0 Å². The lowest BCUT2D eigenvalue weighted by Crippen LogP contribution is -2.34. The van der Waals surface area contributed by atoms with Crippen molar-refractivity contribution in [3.05, 3.63) is 70.6 Å². The van der Waals surface area contributed by atoms with E-state index in [1.807, 2.05) is 35.2 Å². The number of rotatable bonds is 3. The van der Waals surface area contributed by atoms with Crippen molar-refractivity contribution < 1.29 is 13.6 Å². The van der Waals surface area contributed by atoms with Gasteiger partial charge in [0.25, 0.3) is 5.91 Å². The number of fused-ring (bicyclic) bond motifs is 1. The van der Waals surface area contributed by atoms with Crippen LogP contribution >= 0.6 is 11.3 Å². The maximum Gasteiger partial charge on any atom is 0.264 e. The first-order valence-corrected chi connectivity index (χ1v) is 9.86. The van der Waals surface area contributed by atoms with Crippen LogP contribution in [0.2, 0.25) is 0 Å². The van der Waals surface area contributed by atoms with Crippen molar-refractivity contribution in [2.24, 2.45) is 0 Å². The number of nitrogens with zero attached hydrogens (tertiary/aromatic N) is 2. The van der Waals surface area contributed by atoms with Gasteiger partial charge >= 0.3 is 0 Å². The van der Waals surface area contributed by atoms with Crippen molar-refractivity contribution in [1.82, 2.24) is 9.80 Å². The van der Waals surface area contributed by atoms with Gasteiger partial charge in [-0.2, -0.15) is 0 Å². The Kier molecular flexibility index (Phi) is 5.18. The summed E-state index contributed by atoms with van der Waals surface area (Å²) in [5.41, 5.74) is 0.748. The van der Waals surface area contributed by atoms with Gasteiger partial charge < -0.3 is 4.90 Å². The molecule has 2 heterocycles. The van der Waals surface area contributed by atoms with Crippen LogP contribution in [-0.4, -0.2) is 41.9 Å². The highest BCUT2D eigenvalue weighted by Gasteiger charge is 2.22. The molecule has 0 atom stereocenters. The van der Waals surface area contributed by atoms with Crippen LogP contribution < -0.4 is 0 Å². The van der Waals surface area contributed by atoms with E-state index in [0.717, 1.165) is 40.0 Å². The molecule has 1 aromatic heterocycles. The summed E-state index contributed by atoms with van der Waals surface area (Å²) in [7, 11) is 0. The molecule has 2 aromatic carbocycles. The van der Waals surface area contributed by atoms with Gasteiger partial charge in [0.2, 0.25) is 0 Å². The molecule has 6 heteroatoms. The maximum atomic E-state index is 13.4. The zero-order valence-corrected chi connectivity index (χ0v) is 15.6. The summed E-state index contributed by atoms with van der Waals surface area (Å²) in [6.07, 6.45) is 0.861.